The van der Waals surface area contributed by atoms with Gasteiger partial charge in [0.15, 0.2) is 0 Å². The Balaban J connectivity index is 0.000000557. The minimum Gasteiger partial charge on any atom is -0.449 e. The number of methoxy groups -OCH3 is 1. The Morgan fingerprint density at radius 2 is 2.06 bits per heavy atom. The zero-order chi connectivity index (χ0) is 13.1. The summed E-state index contributed by atoms with van der Waals surface area (Å²) in [5.74, 6) is 0. The Hall–Kier alpha value is -1.30. The Labute approximate surface area is 105 Å². The number of carbonyl (C=O) groups excluding carboxylic acids is 1. The lowest BCUT2D eigenvalue weighted by Gasteiger charge is -2.03. The zero-order valence-electron chi connectivity index (χ0n) is 9.56. The van der Waals surface area contributed by atoms with Crippen molar-refractivity contribution < 1.29 is 19.4 Å². The highest BCUT2D eigenvalue weighted by Gasteiger charge is 1.99. The molecule has 0 bridgehead atoms. The number of benzene rings is 1. The fraction of sp³-hybridized carbons (Fsp3) is 0.364. The van der Waals surface area contributed by atoms with Gasteiger partial charge in [0.1, 0.15) is 6.79 Å². The van der Waals surface area contributed by atoms with Crippen LogP contribution in [-0.2, 0) is 15.9 Å². The van der Waals surface area contributed by atoms with Gasteiger partial charge in [-0.25, -0.2) is 4.79 Å². The number of nitrogens with two attached hydrogens (primary N) is 1. The molecule has 1 aromatic carbocycles. The number of hydrogen-bond acceptors (Lipinski definition) is 4. The Kier molecular flexibility index (Phi) is 9.14. The molecule has 96 valence electrons. The fourth-order valence-electron chi connectivity index (χ4n) is 0.963. The first-order chi connectivity index (χ1) is 8.11. The van der Waals surface area contributed by atoms with Gasteiger partial charge in [-0.05, 0) is 11.6 Å². The summed E-state index contributed by atoms with van der Waals surface area (Å²) < 4.78 is 8.68. The molecule has 5 nitrogen and oxygen atoms in total. The molecule has 1 amide bonds. The van der Waals surface area contributed by atoms with Crippen LogP contribution in [0.25, 0.3) is 0 Å². The van der Waals surface area contributed by atoms with Crippen LogP contribution < -0.4 is 5.73 Å². The number of primary amides is 1. The van der Waals surface area contributed by atoms with E-state index >= 15 is 0 Å². The summed E-state index contributed by atoms with van der Waals surface area (Å²) >= 11 is 5.87. The molecule has 1 rings (SSSR count). The predicted molar refractivity (Wildman–Crippen MR) is 64.8 cm³/mol. The van der Waals surface area contributed by atoms with Crippen LogP contribution >= 0.6 is 11.6 Å². The van der Waals surface area contributed by atoms with Crippen molar-refractivity contribution in [3.8, 4) is 0 Å². The molecule has 0 aromatic heterocycles. The number of aliphatic hydroxyl groups is 1. The molecule has 0 aliphatic rings. The summed E-state index contributed by atoms with van der Waals surface area (Å²) in [7, 11) is 1.43. The smallest absolute Gasteiger partial charge is 0.404 e. The minimum atomic E-state index is -0.757. The quantitative estimate of drug-likeness (QED) is 0.806. The van der Waals surface area contributed by atoms with Gasteiger partial charge in [0.05, 0.1) is 6.61 Å². The first-order valence-corrected chi connectivity index (χ1v) is 5.25. The van der Waals surface area contributed by atoms with E-state index in [9.17, 15) is 4.79 Å². The highest BCUT2D eigenvalue weighted by atomic mass is 35.5. The number of amides is 1. The molecular formula is C11H16ClNO4. The molecule has 0 radical (unpaired) electrons. The maximum atomic E-state index is 10.2. The van der Waals surface area contributed by atoms with Gasteiger partial charge < -0.3 is 20.3 Å². The monoisotopic (exact) mass is 261 g/mol. The minimum absolute atomic E-state index is 0.181. The van der Waals surface area contributed by atoms with E-state index in [1.165, 1.54) is 7.11 Å². The number of rotatable bonds is 4. The Bertz CT molecular complexity index is 331. The van der Waals surface area contributed by atoms with Gasteiger partial charge >= 0.3 is 6.09 Å². The molecule has 3 N–H and O–H groups in total. The number of halogens is 1. The summed E-state index contributed by atoms with van der Waals surface area (Å²) in [6, 6.07) is 7.40. The number of carbonyl (C=O) groups is 1. The van der Waals surface area contributed by atoms with E-state index in [1.807, 2.05) is 18.2 Å². The van der Waals surface area contributed by atoms with Gasteiger partial charge in [0.25, 0.3) is 0 Å². The van der Waals surface area contributed by atoms with Gasteiger partial charge in [-0.2, -0.15) is 0 Å². The maximum Gasteiger partial charge on any atom is 0.404 e. The standard InChI is InChI=1S/C9H10ClNO2.C2H6O2/c10-8-4-2-1-3-7(8)5-6-13-9(11)12;1-4-2-3/h1-4H,5-6H2,(H2,11,12);3H,2H2,1H3. The second kappa shape index (κ2) is 9.89. The van der Waals surface area contributed by atoms with Crippen molar-refractivity contribution in [2.24, 2.45) is 5.73 Å². The lowest BCUT2D eigenvalue weighted by molar-refractivity contribution is 0.0325. The van der Waals surface area contributed by atoms with Crippen molar-refractivity contribution in [3.63, 3.8) is 0 Å². The molecule has 17 heavy (non-hydrogen) atoms. The third-order valence-corrected chi connectivity index (χ3v) is 2.07. The first kappa shape index (κ1) is 15.7. The van der Waals surface area contributed by atoms with Crippen LogP contribution in [0, 0.1) is 0 Å². The Morgan fingerprint density at radius 1 is 1.47 bits per heavy atom. The van der Waals surface area contributed by atoms with Crippen molar-refractivity contribution in [1.29, 1.82) is 0 Å². The van der Waals surface area contributed by atoms with Crippen LogP contribution in [0.15, 0.2) is 24.3 Å². The highest BCUT2D eigenvalue weighted by Crippen LogP contribution is 2.15. The molecule has 0 heterocycles. The van der Waals surface area contributed by atoms with E-state index in [0.29, 0.717) is 11.4 Å². The van der Waals surface area contributed by atoms with Gasteiger partial charge in [-0.3, -0.25) is 0 Å². The van der Waals surface area contributed by atoms with E-state index in [4.69, 9.17) is 22.4 Å². The molecule has 0 unspecified atom stereocenters. The van der Waals surface area contributed by atoms with Gasteiger partial charge in [-0.15, -0.1) is 0 Å². The third-order valence-electron chi connectivity index (χ3n) is 1.70. The average molecular weight is 262 g/mol. The fourth-order valence-corrected chi connectivity index (χ4v) is 1.19. The SMILES string of the molecule is COCO.NC(=O)OCCc1ccccc1Cl. The third kappa shape index (κ3) is 8.50. The Morgan fingerprint density at radius 3 is 2.53 bits per heavy atom. The van der Waals surface area contributed by atoms with Crippen LogP contribution in [0.1, 0.15) is 5.56 Å². The highest BCUT2D eigenvalue weighted by molar-refractivity contribution is 6.31. The van der Waals surface area contributed by atoms with Crippen LogP contribution in [0.3, 0.4) is 0 Å². The van der Waals surface area contributed by atoms with E-state index in [0.717, 1.165) is 5.56 Å². The molecule has 6 heteroatoms. The normalized spacial score (nSPS) is 9.12. The van der Waals surface area contributed by atoms with E-state index in [2.05, 4.69) is 9.47 Å². The molecule has 0 saturated carbocycles. The summed E-state index contributed by atoms with van der Waals surface area (Å²) in [6.45, 7) is 0.0824. The topological polar surface area (TPSA) is 81.8 Å². The van der Waals surface area contributed by atoms with Crippen molar-refractivity contribution in [1.82, 2.24) is 0 Å². The van der Waals surface area contributed by atoms with Gasteiger partial charge in [0.2, 0.25) is 0 Å². The van der Waals surface area contributed by atoms with Crippen molar-refractivity contribution in [3.05, 3.63) is 34.9 Å². The second-order valence-corrected chi connectivity index (χ2v) is 3.33. The molecule has 0 saturated heterocycles. The van der Waals surface area contributed by atoms with Crippen molar-refractivity contribution in [2.45, 2.75) is 6.42 Å². The summed E-state index contributed by atoms with van der Waals surface area (Å²) in [6.07, 6.45) is -0.171. The van der Waals surface area contributed by atoms with Gasteiger partial charge in [-0.1, -0.05) is 29.8 Å². The van der Waals surface area contributed by atoms with Crippen LogP contribution in [-0.4, -0.2) is 31.7 Å². The molecule has 1 aromatic rings. The summed E-state index contributed by atoms with van der Waals surface area (Å²) in [4.78, 5) is 10.2. The van der Waals surface area contributed by atoms with Crippen LogP contribution in [0.5, 0.6) is 0 Å². The maximum absolute atomic E-state index is 10.2. The zero-order valence-corrected chi connectivity index (χ0v) is 10.3. The van der Waals surface area contributed by atoms with E-state index in [1.54, 1.807) is 6.07 Å². The second-order valence-electron chi connectivity index (χ2n) is 2.93. The van der Waals surface area contributed by atoms with Gasteiger partial charge in [0, 0.05) is 18.6 Å². The average Bonchev–Trinajstić information content (AvgIpc) is 2.31. The largest absolute Gasteiger partial charge is 0.449 e. The van der Waals surface area contributed by atoms with E-state index in [-0.39, 0.29) is 13.4 Å². The van der Waals surface area contributed by atoms with Crippen molar-refractivity contribution >= 4 is 17.7 Å². The molecule has 0 aliphatic heterocycles. The predicted octanol–water partition coefficient (Wildman–Crippen LogP) is 1.56. The molecular weight excluding hydrogens is 246 g/mol. The molecule has 0 spiro atoms. The molecule has 0 fully saturated rings. The number of aliphatic hydroxyl groups excluding tert-OH is 1. The lowest BCUT2D eigenvalue weighted by atomic mass is 10.2. The number of ether oxygens (including phenoxy) is 2. The molecule has 0 aliphatic carbocycles. The summed E-state index contributed by atoms with van der Waals surface area (Å²) in [5, 5.41) is 8.33. The first-order valence-electron chi connectivity index (χ1n) is 4.87. The van der Waals surface area contributed by atoms with Crippen LogP contribution in [0.4, 0.5) is 4.79 Å². The number of hydrogen-bond donors (Lipinski definition) is 2. The lowest BCUT2D eigenvalue weighted by Crippen LogP contribution is -2.14. The molecule has 0 atom stereocenters. The summed E-state index contributed by atoms with van der Waals surface area (Å²) in [5.41, 5.74) is 5.75. The van der Waals surface area contributed by atoms with Crippen LogP contribution in [0.2, 0.25) is 5.02 Å². The van der Waals surface area contributed by atoms with Crippen molar-refractivity contribution in [2.75, 3.05) is 20.5 Å². The van der Waals surface area contributed by atoms with E-state index < -0.39 is 6.09 Å².